The van der Waals surface area contributed by atoms with Crippen LogP contribution >= 0.6 is 0 Å². The summed E-state index contributed by atoms with van der Waals surface area (Å²) >= 11 is 0. The topological polar surface area (TPSA) is 15.3 Å². The summed E-state index contributed by atoms with van der Waals surface area (Å²) in [5, 5.41) is 3.47. The predicted octanol–water partition coefficient (Wildman–Crippen LogP) is 4.07. The van der Waals surface area contributed by atoms with Crippen molar-refractivity contribution < 1.29 is 0 Å². The van der Waals surface area contributed by atoms with Gasteiger partial charge in [-0.3, -0.25) is 4.90 Å². The van der Waals surface area contributed by atoms with Crippen LogP contribution in [-0.4, -0.2) is 30.6 Å². The predicted molar refractivity (Wildman–Crippen MR) is 91.8 cm³/mol. The number of nitrogens with one attached hydrogen (secondary N) is 1. The highest BCUT2D eigenvalue weighted by molar-refractivity contribution is 5.31. The maximum absolute atomic E-state index is 3.47. The Bertz CT molecular complexity index is 447. The first-order valence-electron chi connectivity index (χ1n) is 8.52. The average molecular weight is 288 g/mol. The molecule has 0 aromatic heterocycles. The highest BCUT2D eigenvalue weighted by atomic mass is 15.2. The van der Waals surface area contributed by atoms with Crippen molar-refractivity contribution in [2.75, 3.05) is 19.6 Å². The lowest BCUT2D eigenvalue weighted by molar-refractivity contribution is 0.125. The van der Waals surface area contributed by atoms with E-state index in [1.807, 2.05) is 0 Å². The fraction of sp³-hybridized carbons (Fsp3) is 0.684. The SMILES string of the molecule is Cc1ccc(C(C)N(CC2CCNCC2)C(C)C)cc1C. The zero-order chi connectivity index (χ0) is 15.4. The summed E-state index contributed by atoms with van der Waals surface area (Å²) < 4.78 is 0. The first kappa shape index (κ1) is 16.5. The van der Waals surface area contributed by atoms with E-state index in [4.69, 9.17) is 0 Å². The molecule has 1 aliphatic rings. The van der Waals surface area contributed by atoms with E-state index in [9.17, 15) is 0 Å². The molecule has 1 atom stereocenters. The average Bonchev–Trinajstić information content (AvgIpc) is 2.47. The van der Waals surface area contributed by atoms with Crippen LogP contribution in [0.2, 0.25) is 0 Å². The van der Waals surface area contributed by atoms with Gasteiger partial charge in [0.25, 0.3) is 0 Å². The van der Waals surface area contributed by atoms with Gasteiger partial charge in [-0.05, 0) is 83.2 Å². The van der Waals surface area contributed by atoms with Crippen molar-refractivity contribution in [2.24, 2.45) is 5.92 Å². The van der Waals surface area contributed by atoms with Gasteiger partial charge in [-0.1, -0.05) is 18.2 Å². The van der Waals surface area contributed by atoms with Gasteiger partial charge in [0.15, 0.2) is 0 Å². The Morgan fingerprint density at radius 3 is 2.33 bits per heavy atom. The van der Waals surface area contributed by atoms with Gasteiger partial charge in [-0.15, -0.1) is 0 Å². The van der Waals surface area contributed by atoms with E-state index in [1.165, 1.54) is 49.2 Å². The second-order valence-corrected chi connectivity index (χ2v) is 7.00. The molecule has 2 rings (SSSR count). The second kappa shape index (κ2) is 7.42. The van der Waals surface area contributed by atoms with Gasteiger partial charge in [-0.25, -0.2) is 0 Å². The van der Waals surface area contributed by atoms with Crippen molar-refractivity contribution in [1.29, 1.82) is 0 Å². The zero-order valence-corrected chi connectivity index (χ0v) is 14.4. The summed E-state index contributed by atoms with van der Waals surface area (Å²) in [5.41, 5.74) is 4.26. The Hall–Kier alpha value is -0.860. The van der Waals surface area contributed by atoms with Crippen molar-refractivity contribution in [3.8, 4) is 0 Å². The van der Waals surface area contributed by atoms with Crippen molar-refractivity contribution in [3.05, 3.63) is 34.9 Å². The molecule has 0 radical (unpaired) electrons. The van der Waals surface area contributed by atoms with E-state index >= 15 is 0 Å². The molecule has 2 heteroatoms. The molecule has 0 amide bonds. The maximum atomic E-state index is 3.47. The fourth-order valence-corrected chi connectivity index (χ4v) is 3.39. The number of hydrogen-bond acceptors (Lipinski definition) is 2. The Morgan fingerprint density at radius 2 is 1.76 bits per heavy atom. The highest BCUT2D eigenvalue weighted by Crippen LogP contribution is 2.27. The molecule has 118 valence electrons. The van der Waals surface area contributed by atoms with Gasteiger partial charge in [0, 0.05) is 18.6 Å². The van der Waals surface area contributed by atoms with Gasteiger partial charge in [0.1, 0.15) is 0 Å². The highest BCUT2D eigenvalue weighted by Gasteiger charge is 2.23. The number of nitrogens with zero attached hydrogens (tertiary/aromatic N) is 1. The molecule has 1 aromatic carbocycles. The molecular weight excluding hydrogens is 256 g/mol. The minimum atomic E-state index is 0.499. The van der Waals surface area contributed by atoms with Crippen LogP contribution in [0.15, 0.2) is 18.2 Å². The van der Waals surface area contributed by atoms with Crippen LogP contribution in [0, 0.1) is 19.8 Å². The molecule has 2 nitrogen and oxygen atoms in total. The summed E-state index contributed by atoms with van der Waals surface area (Å²) in [6.45, 7) is 15.1. The molecule has 21 heavy (non-hydrogen) atoms. The lowest BCUT2D eigenvalue weighted by Crippen LogP contribution is -2.40. The number of rotatable bonds is 5. The van der Waals surface area contributed by atoms with Crippen molar-refractivity contribution in [3.63, 3.8) is 0 Å². The zero-order valence-electron chi connectivity index (χ0n) is 14.4. The first-order chi connectivity index (χ1) is 9.99. The van der Waals surface area contributed by atoms with Gasteiger partial charge >= 0.3 is 0 Å². The Balaban J connectivity index is 2.10. The van der Waals surface area contributed by atoms with Crippen LogP contribution in [0.25, 0.3) is 0 Å². The minimum Gasteiger partial charge on any atom is -0.317 e. The molecular formula is C19H32N2. The third-order valence-corrected chi connectivity index (χ3v) is 5.10. The summed E-state index contributed by atoms with van der Waals surface area (Å²) in [4.78, 5) is 2.68. The first-order valence-corrected chi connectivity index (χ1v) is 8.52. The molecule has 0 bridgehead atoms. The molecule has 1 aromatic rings. The van der Waals surface area contributed by atoms with Crippen LogP contribution in [0.3, 0.4) is 0 Å². The molecule has 0 aliphatic carbocycles. The summed E-state index contributed by atoms with van der Waals surface area (Å²) in [6.07, 6.45) is 2.64. The number of aryl methyl sites for hydroxylation is 2. The second-order valence-electron chi connectivity index (χ2n) is 7.00. The van der Waals surface area contributed by atoms with Crippen LogP contribution in [0.1, 0.15) is 56.3 Å². The molecule has 1 aliphatic heterocycles. The fourth-order valence-electron chi connectivity index (χ4n) is 3.39. The van der Waals surface area contributed by atoms with E-state index in [-0.39, 0.29) is 0 Å². The largest absolute Gasteiger partial charge is 0.317 e. The lowest BCUT2D eigenvalue weighted by atomic mass is 9.94. The Kier molecular flexibility index (Phi) is 5.83. The maximum Gasteiger partial charge on any atom is 0.0322 e. The van der Waals surface area contributed by atoms with E-state index in [2.05, 4.69) is 63.0 Å². The van der Waals surface area contributed by atoms with Crippen LogP contribution in [-0.2, 0) is 0 Å². The van der Waals surface area contributed by atoms with Crippen LogP contribution in [0.5, 0.6) is 0 Å². The molecule has 1 saturated heterocycles. The third kappa shape index (κ3) is 4.31. The van der Waals surface area contributed by atoms with Crippen molar-refractivity contribution in [1.82, 2.24) is 10.2 Å². The lowest BCUT2D eigenvalue weighted by Gasteiger charge is -2.37. The molecule has 0 spiro atoms. The van der Waals surface area contributed by atoms with E-state index in [0.717, 1.165) is 5.92 Å². The molecule has 0 saturated carbocycles. The van der Waals surface area contributed by atoms with Crippen molar-refractivity contribution >= 4 is 0 Å². The molecule has 1 N–H and O–H groups in total. The van der Waals surface area contributed by atoms with Crippen molar-refractivity contribution in [2.45, 2.75) is 59.5 Å². The standard InChI is InChI=1S/C19H32N2/c1-14(2)21(13-18-8-10-20-11-9-18)17(5)19-7-6-15(3)16(4)12-19/h6-7,12,14,17-18,20H,8-11,13H2,1-5H3. The smallest absolute Gasteiger partial charge is 0.0322 e. The summed E-state index contributed by atoms with van der Waals surface area (Å²) in [7, 11) is 0. The Labute approximate surface area is 130 Å². The molecule has 1 fully saturated rings. The minimum absolute atomic E-state index is 0.499. The van der Waals surface area contributed by atoms with E-state index in [0.29, 0.717) is 12.1 Å². The normalized spacial score (nSPS) is 18.4. The summed E-state index contributed by atoms with van der Waals surface area (Å²) in [6, 6.07) is 8.04. The third-order valence-electron chi connectivity index (χ3n) is 5.10. The van der Waals surface area contributed by atoms with Gasteiger partial charge in [0.2, 0.25) is 0 Å². The molecule has 1 heterocycles. The monoisotopic (exact) mass is 288 g/mol. The number of piperidine rings is 1. The van der Waals surface area contributed by atoms with E-state index < -0.39 is 0 Å². The Morgan fingerprint density at radius 1 is 1.10 bits per heavy atom. The quantitative estimate of drug-likeness (QED) is 0.878. The van der Waals surface area contributed by atoms with Crippen LogP contribution in [0.4, 0.5) is 0 Å². The van der Waals surface area contributed by atoms with E-state index in [1.54, 1.807) is 0 Å². The molecule has 1 unspecified atom stereocenters. The van der Waals surface area contributed by atoms with Gasteiger partial charge < -0.3 is 5.32 Å². The number of benzene rings is 1. The van der Waals surface area contributed by atoms with Crippen LogP contribution < -0.4 is 5.32 Å². The summed E-state index contributed by atoms with van der Waals surface area (Å²) in [5.74, 6) is 0.850. The van der Waals surface area contributed by atoms with Gasteiger partial charge in [0.05, 0.1) is 0 Å². The number of hydrogen-bond donors (Lipinski definition) is 1. The van der Waals surface area contributed by atoms with Gasteiger partial charge in [-0.2, -0.15) is 0 Å².